The van der Waals surface area contributed by atoms with Gasteiger partial charge in [0.05, 0.1) is 5.56 Å². The van der Waals surface area contributed by atoms with Crippen LogP contribution in [0.3, 0.4) is 0 Å². The van der Waals surface area contributed by atoms with Gasteiger partial charge in [-0.15, -0.1) is 0 Å². The van der Waals surface area contributed by atoms with Gasteiger partial charge >= 0.3 is 0 Å². The summed E-state index contributed by atoms with van der Waals surface area (Å²) in [5, 5.41) is 9.16. The zero-order chi connectivity index (χ0) is 14.4. The second kappa shape index (κ2) is 7.09. The Morgan fingerprint density at radius 2 is 2.16 bits per heavy atom. The Morgan fingerprint density at radius 3 is 2.68 bits per heavy atom. The van der Waals surface area contributed by atoms with Crippen LogP contribution in [0.1, 0.15) is 30.6 Å². The van der Waals surface area contributed by atoms with E-state index in [1.165, 1.54) is 12.1 Å². The molecular formula is C14H21FN2O2. The molecule has 0 saturated carbocycles. The molecule has 3 N–H and O–H groups in total. The molecule has 4 nitrogen and oxygen atoms in total. The minimum absolute atomic E-state index is 0.0181. The van der Waals surface area contributed by atoms with Crippen molar-refractivity contribution in [3.05, 3.63) is 29.6 Å². The van der Waals surface area contributed by atoms with Crippen molar-refractivity contribution >= 4 is 5.91 Å². The van der Waals surface area contributed by atoms with Gasteiger partial charge in [0.2, 0.25) is 0 Å². The standard InChI is InChI=1S/C14H21FN2O2/c1-10(2)9-17(7-3-6-16)14(19)12-5-4-11(18)8-13(12)15/h4-5,8,10,18H,3,6-7,9,16H2,1-2H3. The number of phenolic OH excluding ortho intramolecular Hbond substituents is 1. The van der Waals surface area contributed by atoms with Gasteiger partial charge in [0.25, 0.3) is 5.91 Å². The van der Waals surface area contributed by atoms with Crippen molar-refractivity contribution < 1.29 is 14.3 Å². The Morgan fingerprint density at radius 1 is 1.47 bits per heavy atom. The Balaban J connectivity index is 2.90. The molecule has 0 aliphatic heterocycles. The molecule has 0 fully saturated rings. The minimum atomic E-state index is -0.702. The van der Waals surface area contributed by atoms with Gasteiger partial charge in [-0.05, 0) is 31.0 Å². The number of hydrogen-bond donors (Lipinski definition) is 2. The summed E-state index contributed by atoms with van der Waals surface area (Å²) in [6.45, 7) is 5.54. The lowest BCUT2D eigenvalue weighted by Gasteiger charge is -2.24. The van der Waals surface area contributed by atoms with E-state index in [9.17, 15) is 9.18 Å². The molecule has 0 atom stereocenters. The molecule has 0 spiro atoms. The molecule has 1 rings (SSSR count). The van der Waals surface area contributed by atoms with Gasteiger partial charge in [0.1, 0.15) is 11.6 Å². The maximum absolute atomic E-state index is 13.7. The van der Waals surface area contributed by atoms with E-state index in [-0.39, 0.29) is 17.2 Å². The van der Waals surface area contributed by atoms with Crippen LogP contribution in [-0.2, 0) is 0 Å². The van der Waals surface area contributed by atoms with Crippen LogP contribution >= 0.6 is 0 Å². The number of rotatable bonds is 6. The van der Waals surface area contributed by atoms with Crippen LogP contribution in [0.5, 0.6) is 5.75 Å². The molecule has 0 unspecified atom stereocenters. The van der Waals surface area contributed by atoms with Crippen LogP contribution in [0, 0.1) is 11.7 Å². The van der Waals surface area contributed by atoms with Crippen molar-refractivity contribution in [2.45, 2.75) is 20.3 Å². The van der Waals surface area contributed by atoms with Crippen molar-refractivity contribution in [1.82, 2.24) is 4.90 Å². The van der Waals surface area contributed by atoms with Gasteiger partial charge in [-0.1, -0.05) is 13.8 Å². The molecule has 0 saturated heterocycles. The highest BCUT2D eigenvalue weighted by Gasteiger charge is 2.19. The Hall–Kier alpha value is -1.62. The first-order valence-corrected chi connectivity index (χ1v) is 6.43. The SMILES string of the molecule is CC(C)CN(CCCN)C(=O)c1ccc(O)cc1F. The number of aromatic hydroxyl groups is 1. The van der Waals surface area contributed by atoms with Crippen molar-refractivity contribution in [1.29, 1.82) is 0 Å². The third kappa shape index (κ3) is 4.52. The predicted molar refractivity (Wildman–Crippen MR) is 72.5 cm³/mol. The Bertz CT molecular complexity index is 435. The molecule has 106 valence electrons. The quantitative estimate of drug-likeness (QED) is 0.829. The highest BCUT2D eigenvalue weighted by molar-refractivity contribution is 5.94. The highest BCUT2D eigenvalue weighted by atomic mass is 19.1. The molecule has 0 aliphatic carbocycles. The first-order valence-electron chi connectivity index (χ1n) is 6.43. The van der Waals surface area contributed by atoms with E-state index in [0.29, 0.717) is 32.0 Å². The highest BCUT2D eigenvalue weighted by Crippen LogP contribution is 2.17. The lowest BCUT2D eigenvalue weighted by Crippen LogP contribution is -2.36. The fourth-order valence-electron chi connectivity index (χ4n) is 1.85. The summed E-state index contributed by atoms with van der Waals surface area (Å²) in [5.74, 6) is -0.959. The molecule has 0 heterocycles. The molecule has 0 aromatic heterocycles. The van der Waals surface area contributed by atoms with E-state index in [0.717, 1.165) is 6.07 Å². The van der Waals surface area contributed by atoms with Gasteiger partial charge in [0.15, 0.2) is 0 Å². The number of carbonyl (C=O) groups is 1. The number of nitrogens with zero attached hydrogens (tertiary/aromatic N) is 1. The van der Waals surface area contributed by atoms with Gasteiger partial charge < -0.3 is 15.7 Å². The number of hydrogen-bond acceptors (Lipinski definition) is 3. The zero-order valence-corrected chi connectivity index (χ0v) is 11.4. The summed E-state index contributed by atoms with van der Waals surface area (Å²) in [7, 11) is 0. The van der Waals surface area contributed by atoms with E-state index in [1.807, 2.05) is 13.8 Å². The Labute approximate surface area is 113 Å². The average Bonchev–Trinajstić information content (AvgIpc) is 2.33. The summed E-state index contributed by atoms with van der Waals surface area (Å²) in [6.07, 6.45) is 0.679. The third-order valence-corrected chi connectivity index (χ3v) is 2.69. The topological polar surface area (TPSA) is 66.6 Å². The maximum atomic E-state index is 13.7. The van der Waals surface area contributed by atoms with Gasteiger partial charge in [-0.2, -0.15) is 0 Å². The second-order valence-corrected chi connectivity index (χ2v) is 4.95. The molecule has 0 bridgehead atoms. The van der Waals surface area contributed by atoms with Gasteiger partial charge in [0, 0.05) is 19.2 Å². The van der Waals surface area contributed by atoms with Crippen molar-refractivity contribution in [2.75, 3.05) is 19.6 Å². The van der Waals surface area contributed by atoms with E-state index in [4.69, 9.17) is 10.8 Å². The number of benzene rings is 1. The molecule has 0 aliphatic rings. The van der Waals surface area contributed by atoms with Crippen LogP contribution < -0.4 is 5.73 Å². The number of halogens is 1. The molecule has 1 aromatic rings. The van der Waals surface area contributed by atoms with E-state index in [2.05, 4.69) is 0 Å². The summed E-state index contributed by atoms with van der Waals surface area (Å²) < 4.78 is 13.7. The van der Waals surface area contributed by atoms with Crippen LogP contribution in [0.2, 0.25) is 0 Å². The number of nitrogens with two attached hydrogens (primary N) is 1. The fourth-order valence-corrected chi connectivity index (χ4v) is 1.85. The number of carbonyl (C=O) groups excluding carboxylic acids is 1. The smallest absolute Gasteiger partial charge is 0.256 e. The molecule has 1 amide bonds. The summed E-state index contributed by atoms with van der Waals surface area (Å²) in [4.78, 5) is 13.9. The first kappa shape index (κ1) is 15.4. The summed E-state index contributed by atoms with van der Waals surface area (Å²) in [5.41, 5.74) is 5.43. The molecular weight excluding hydrogens is 247 g/mol. The van der Waals surface area contributed by atoms with Crippen molar-refractivity contribution in [3.63, 3.8) is 0 Å². The fraction of sp³-hybridized carbons (Fsp3) is 0.500. The number of phenols is 1. The van der Waals surface area contributed by atoms with Crippen LogP contribution in [0.4, 0.5) is 4.39 Å². The van der Waals surface area contributed by atoms with Crippen molar-refractivity contribution in [3.8, 4) is 5.75 Å². The molecule has 1 aromatic carbocycles. The maximum Gasteiger partial charge on any atom is 0.256 e. The van der Waals surface area contributed by atoms with Crippen LogP contribution in [0.25, 0.3) is 0 Å². The lowest BCUT2D eigenvalue weighted by molar-refractivity contribution is 0.0730. The molecule has 19 heavy (non-hydrogen) atoms. The summed E-state index contributed by atoms with van der Waals surface area (Å²) >= 11 is 0. The largest absolute Gasteiger partial charge is 0.508 e. The first-order chi connectivity index (χ1) is 8.95. The number of amides is 1. The average molecular weight is 268 g/mol. The van der Waals surface area contributed by atoms with Crippen LogP contribution in [-0.4, -0.2) is 35.5 Å². The zero-order valence-electron chi connectivity index (χ0n) is 11.4. The molecule has 0 radical (unpaired) electrons. The third-order valence-electron chi connectivity index (χ3n) is 2.69. The Kier molecular flexibility index (Phi) is 5.76. The second-order valence-electron chi connectivity index (χ2n) is 4.95. The van der Waals surface area contributed by atoms with E-state index in [1.54, 1.807) is 4.90 Å². The van der Waals surface area contributed by atoms with Gasteiger partial charge in [-0.3, -0.25) is 4.79 Å². The van der Waals surface area contributed by atoms with E-state index < -0.39 is 5.82 Å². The normalized spacial score (nSPS) is 10.8. The van der Waals surface area contributed by atoms with Crippen LogP contribution in [0.15, 0.2) is 18.2 Å². The summed E-state index contributed by atoms with van der Waals surface area (Å²) in [6, 6.07) is 3.57. The lowest BCUT2D eigenvalue weighted by atomic mass is 10.1. The molecule has 5 heteroatoms. The monoisotopic (exact) mass is 268 g/mol. The predicted octanol–water partition coefficient (Wildman–Crippen LogP) is 1.98. The minimum Gasteiger partial charge on any atom is -0.508 e. The van der Waals surface area contributed by atoms with Crippen molar-refractivity contribution in [2.24, 2.45) is 11.7 Å². The van der Waals surface area contributed by atoms with Gasteiger partial charge in [-0.25, -0.2) is 4.39 Å². The van der Waals surface area contributed by atoms with E-state index >= 15 is 0 Å².